The van der Waals surface area contributed by atoms with Crippen LogP contribution in [0.15, 0.2) is 0 Å². The van der Waals surface area contributed by atoms with Gasteiger partial charge in [-0.05, 0) is 13.8 Å². The van der Waals surface area contributed by atoms with E-state index in [1.165, 1.54) is 0 Å². The molecule has 1 aliphatic heterocycles. The number of aliphatic carboxylic acids is 1. The van der Waals surface area contributed by atoms with Crippen LogP contribution in [0, 0.1) is 0 Å². The first-order valence-corrected chi connectivity index (χ1v) is 7.87. The third kappa shape index (κ3) is 5.06. The van der Waals surface area contributed by atoms with Crippen LogP contribution in [0.1, 0.15) is 26.7 Å². The van der Waals surface area contributed by atoms with Crippen molar-refractivity contribution in [2.75, 3.05) is 25.6 Å². The van der Waals surface area contributed by atoms with Crippen molar-refractivity contribution in [2.24, 2.45) is 0 Å². The molecule has 0 bridgehead atoms. The zero-order valence-corrected chi connectivity index (χ0v) is 12.0. The van der Waals surface area contributed by atoms with Crippen LogP contribution in [0.25, 0.3) is 0 Å². The Kier molecular flexibility index (Phi) is 5.72. The SMILES string of the molecule is CC(C)OCCS(=O)(=O)NC1(C(=O)O)CCOCC1. The van der Waals surface area contributed by atoms with Crippen LogP contribution in [0.2, 0.25) is 0 Å². The number of carbonyl (C=O) groups is 1. The summed E-state index contributed by atoms with van der Waals surface area (Å²) >= 11 is 0. The molecule has 2 N–H and O–H groups in total. The molecule has 0 aliphatic carbocycles. The molecule has 1 fully saturated rings. The van der Waals surface area contributed by atoms with Crippen LogP contribution < -0.4 is 4.72 Å². The number of sulfonamides is 1. The van der Waals surface area contributed by atoms with Gasteiger partial charge in [0.25, 0.3) is 0 Å². The summed E-state index contributed by atoms with van der Waals surface area (Å²) in [6.45, 7) is 4.11. The number of carboxylic acid groups (broad SMARTS) is 1. The van der Waals surface area contributed by atoms with Crippen molar-refractivity contribution in [2.45, 2.75) is 38.3 Å². The van der Waals surface area contributed by atoms with Crippen LogP contribution in [0.4, 0.5) is 0 Å². The summed E-state index contributed by atoms with van der Waals surface area (Å²) in [7, 11) is -3.69. The Labute approximate surface area is 113 Å². The summed E-state index contributed by atoms with van der Waals surface area (Å²) in [5, 5.41) is 9.25. The molecule has 8 heteroatoms. The van der Waals surface area contributed by atoms with E-state index in [1.807, 2.05) is 0 Å². The molecule has 1 heterocycles. The highest BCUT2D eigenvalue weighted by molar-refractivity contribution is 7.89. The molecule has 0 spiro atoms. The van der Waals surface area contributed by atoms with Crippen molar-refractivity contribution in [1.29, 1.82) is 0 Å². The number of hydrogen-bond acceptors (Lipinski definition) is 5. The second-order valence-electron chi connectivity index (χ2n) is 4.84. The molecule has 0 saturated carbocycles. The maximum absolute atomic E-state index is 11.9. The molecule has 0 amide bonds. The second kappa shape index (κ2) is 6.65. The highest BCUT2D eigenvalue weighted by Crippen LogP contribution is 2.22. The van der Waals surface area contributed by atoms with Crippen LogP contribution in [-0.4, -0.2) is 56.7 Å². The first kappa shape index (κ1) is 16.4. The minimum Gasteiger partial charge on any atom is -0.480 e. The maximum atomic E-state index is 11.9. The zero-order valence-electron chi connectivity index (χ0n) is 11.2. The van der Waals surface area contributed by atoms with Crippen LogP contribution >= 0.6 is 0 Å². The van der Waals surface area contributed by atoms with E-state index in [4.69, 9.17) is 9.47 Å². The van der Waals surface area contributed by atoms with E-state index in [0.29, 0.717) is 0 Å². The third-order valence-corrected chi connectivity index (χ3v) is 4.32. The van der Waals surface area contributed by atoms with E-state index in [-0.39, 0.29) is 44.5 Å². The fourth-order valence-electron chi connectivity index (χ4n) is 1.82. The molecule has 0 atom stereocenters. The van der Waals surface area contributed by atoms with Gasteiger partial charge in [-0.25, -0.2) is 8.42 Å². The molecule has 0 aromatic heterocycles. The molecule has 1 aliphatic rings. The highest BCUT2D eigenvalue weighted by atomic mass is 32.2. The minimum atomic E-state index is -3.69. The number of ether oxygens (including phenoxy) is 2. The number of rotatable bonds is 7. The van der Waals surface area contributed by atoms with Gasteiger partial charge in [0, 0.05) is 26.1 Å². The predicted octanol–water partition coefficient (Wildman–Crippen LogP) is -0.0354. The molecule has 1 rings (SSSR count). The molecule has 0 aromatic carbocycles. The second-order valence-corrected chi connectivity index (χ2v) is 6.68. The van der Waals surface area contributed by atoms with Gasteiger partial charge in [-0.15, -0.1) is 0 Å². The number of nitrogens with one attached hydrogen (secondary N) is 1. The van der Waals surface area contributed by atoms with Crippen LogP contribution in [-0.2, 0) is 24.3 Å². The van der Waals surface area contributed by atoms with E-state index in [1.54, 1.807) is 13.8 Å². The first-order valence-electron chi connectivity index (χ1n) is 6.22. The summed E-state index contributed by atoms with van der Waals surface area (Å²) in [5.74, 6) is -1.41. The fourth-order valence-corrected chi connectivity index (χ4v) is 3.13. The van der Waals surface area contributed by atoms with Crippen molar-refractivity contribution in [3.63, 3.8) is 0 Å². The van der Waals surface area contributed by atoms with Crippen molar-refractivity contribution in [1.82, 2.24) is 4.72 Å². The molecule has 112 valence electrons. The number of carboxylic acids is 1. The Morgan fingerprint density at radius 1 is 1.42 bits per heavy atom. The molecular weight excluding hydrogens is 274 g/mol. The average molecular weight is 295 g/mol. The normalized spacial score (nSPS) is 19.5. The minimum absolute atomic E-state index is 0.0409. The van der Waals surface area contributed by atoms with Crippen LogP contribution in [0.3, 0.4) is 0 Å². The first-order chi connectivity index (χ1) is 8.77. The molecule has 7 nitrogen and oxygen atoms in total. The van der Waals surface area contributed by atoms with E-state index in [0.717, 1.165) is 0 Å². The largest absolute Gasteiger partial charge is 0.480 e. The van der Waals surface area contributed by atoms with Gasteiger partial charge in [-0.1, -0.05) is 0 Å². The summed E-state index contributed by atoms with van der Waals surface area (Å²) < 4.78 is 36.3. The monoisotopic (exact) mass is 295 g/mol. The summed E-state index contributed by atoms with van der Waals surface area (Å²) in [5.41, 5.74) is -1.45. The molecule has 0 unspecified atom stereocenters. The van der Waals surface area contributed by atoms with Gasteiger partial charge in [-0.3, -0.25) is 4.79 Å². The van der Waals surface area contributed by atoms with Crippen molar-refractivity contribution in [3.05, 3.63) is 0 Å². The van der Waals surface area contributed by atoms with Crippen molar-refractivity contribution in [3.8, 4) is 0 Å². The topological polar surface area (TPSA) is 102 Å². The Bertz CT molecular complexity index is 399. The summed E-state index contributed by atoms with van der Waals surface area (Å²) in [6.07, 6.45) is 0.200. The van der Waals surface area contributed by atoms with Gasteiger partial charge in [0.1, 0.15) is 5.54 Å². The van der Waals surface area contributed by atoms with Crippen LogP contribution in [0.5, 0.6) is 0 Å². The predicted molar refractivity (Wildman–Crippen MR) is 68.4 cm³/mol. The molecular formula is C11H21NO6S. The Balaban J connectivity index is 2.65. The van der Waals surface area contributed by atoms with Gasteiger partial charge >= 0.3 is 5.97 Å². The quantitative estimate of drug-likeness (QED) is 0.683. The molecule has 0 aromatic rings. The van der Waals surface area contributed by atoms with Gasteiger partial charge in [-0.2, -0.15) is 4.72 Å². The van der Waals surface area contributed by atoms with Gasteiger partial charge < -0.3 is 14.6 Å². The molecule has 19 heavy (non-hydrogen) atoms. The summed E-state index contributed by atoms with van der Waals surface area (Å²) in [6, 6.07) is 0. The molecule has 1 saturated heterocycles. The van der Waals surface area contributed by atoms with Crippen molar-refractivity contribution < 1.29 is 27.8 Å². The third-order valence-electron chi connectivity index (χ3n) is 2.91. The highest BCUT2D eigenvalue weighted by Gasteiger charge is 2.43. The van der Waals surface area contributed by atoms with E-state index >= 15 is 0 Å². The van der Waals surface area contributed by atoms with Gasteiger partial charge in [0.05, 0.1) is 18.5 Å². The van der Waals surface area contributed by atoms with Crippen molar-refractivity contribution >= 4 is 16.0 Å². The fraction of sp³-hybridized carbons (Fsp3) is 0.909. The zero-order chi connectivity index (χ0) is 14.5. The number of hydrogen-bond donors (Lipinski definition) is 2. The Hall–Kier alpha value is -0.700. The Morgan fingerprint density at radius 3 is 2.47 bits per heavy atom. The van der Waals surface area contributed by atoms with Gasteiger partial charge in [0.15, 0.2) is 0 Å². The smallest absolute Gasteiger partial charge is 0.325 e. The maximum Gasteiger partial charge on any atom is 0.325 e. The lowest BCUT2D eigenvalue weighted by atomic mass is 9.92. The van der Waals surface area contributed by atoms with E-state index < -0.39 is 21.5 Å². The summed E-state index contributed by atoms with van der Waals surface area (Å²) in [4.78, 5) is 11.3. The average Bonchev–Trinajstić information content (AvgIpc) is 2.28. The lowest BCUT2D eigenvalue weighted by Crippen LogP contribution is -2.58. The van der Waals surface area contributed by atoms with E-state index in [9.17, 15) is 18.3 Å². The Morgan fingerprint density at radius 2 is 2.00 bits per heavy atom. The van der Waals surface area contributed by atoms with Gasteiger partial charge in [0.2, 0.25) is 10.0 Å². The van der Waals surface area contributed by atoms with E-state index in [2.05, 4.69) is 4.72 Å². The lowest BCUT2D eigenvalue weighted by Gasteiger charge is -2.33. The molecule has 0 radical (unpaired) electrons. The lowest BCUT2D eigenvalue weighted by molar-refractivity contribution is -0.147. The standard InChI is InChI=1S/C11H21NO6S/c1-9(2)18-7-8-19(15,16)12-11(10(13)14)3-5-17-6-4-11/h9,12H,3-8H2,1-2H3,(H,13,14).